The number of ether oxygens (including phenoxy) is 1. The van der Waals surface area contributed by atoms with Crippen molar-refractivity contribution < 1.29 is 9.84 Å². The largest absolute Gasteiger partial charge is 0.391 e. The molecule has 0 fully saturated rings. The molecule has 0 amide bonds. The third-order valence-electron chi connectivity index (χ3n) is 2.89. The van der Waals surface area contributed by atoms with Gasteiger partial charge in [0.1, 0.15) is 0 Å². The van der Waals surface area contributed by atoms with Gasteiger partial charge in [0.05, 0.1) is 18.3 Å². The van der Waals surface area contributed by atoms with E-state index in [1.54, 1.807) is 6.92 Å². The summed E-state index contributed by atoms with van der Waals surface area (Å²) in [5.74, 6) is 0. The second kappa shape index (κ2) is 6.15. The van der Waals surface area contributed by atoms with Crippen LogP contribution in [0.1, 0.15) is 36.6 Å². The highest BCUT2D eigenvalue weighted by Gasteiger charge is 2.17. The summed E-state index contributed by atoms with van der Waals surface area (Å²) >= 11 is 0. The van der Waals surface area contributed by atoms with Gasteiger partial charge in [0.15, 0.2) is 0 Å². The predicted molar refractivity (Wildman–Crippen MR) is 69.9 cm³/mol. The monoisotopic (exact) mass is 237 g/mol. The molecule has 17 heavy (non-hydrogen) atoms. The molecule has 1 aromatic carbocycles. The van der Waals surface area contributed by atoms with Crippen LogP contribution in [0.15, 0.2) is 18.2 Å². The standard InChI is InChI=1S/C14H23NO2/c1-9-5-10(2)7-13(6-9)14(8-15)17-12(4)11(3)16/h5-7,11-12,14,16H,8,15H2,1-4H3. The van der Waals surface area contributed by atoms with Crippen molar-refractivity contribution in [3.63, 3.8) is 0 Å². The first kappa shape index (κ1) is 14.2. The summed E-state index contributed by atoms with van der Waals surface area (Å²) < 4.78 is 5.78. The molecule has 0 spiro atoms. The average molecular weight is 237 g/mol. The van der Waals surface area contributed by atoms with E-state index in [-0.39, 0.29) is 12.2 Å². The number of aryl methyl sites for hydroxylation is 2. The molecule has 0 aliphatic carbocycles. The van der Waals surface area contributed by atoms with Gasteiger partial charge in [0, 0.05) is 6.54 Å². The summed E-state index contributed by atoms with van der Waals surface area (Å²) in [4.78, 5) is 0. The molecule has 0 saturated carbocycles. The Kier molecular flexibility index (Phi) is 5.12. The number of hydrogen-bond donors (Lipinski definition) is 2. The normalized spacial score (nSPS) is 16.6. The number of aliphatic hydroxyl groups is 1. The third kappa shape index (κ3) is 4.11. The number of hydrogen-bond acceptors (Lipinski definition) is 3. The van der Waals surface area contributed by atoms with Gasteiger partial charge >= 0.3 is 0 Å². The lowest BCUT2D eigenvalue weighted by Crippen LogP contribution is -2.28. The Morgan fingerprint density at radius 2 is 1.71 bits per heavy atom. The lowest BCUT2D eigenvalue weighted by molar-refractivity contribution is -0.0592. The van der Waals surface area contributed by atoms with E-state index in [1.165, 1.54) is 11.1 Å². The quantitative estimate of drug-likeness (QED) is 0.824. The van der Waals surface area contributed by atoms with E-state index < -0.39 is 6.10 Å². The van der Waals surface area contributed by atoms with Crippen LogP contribution in [0.5, 0.6) is 0 Å². The zero-order valence-corrected chi connectivity index (χ0v) is 11.1. The van der Waals surface area contributed by atoms with Gasteiger partial charge < -0.3 is 15.6 Å². The summed E-state index contributed by atoms with van der Waals surface area (Å²) in [6, 6.07) is 6.29. The van der Waals surface area contributed by atoms with Crippen LogP contribution in [0.25, 0.3) is 0 Å². The summed E-state index contributed by atoms with van der Waals surface area (Å²) in [5, 5.41) is 9.46. The molecule has 0 saturated heterocycles. The fourth-order valence-electron chi connectivity index (χ4n) is 1.84. The van der Waals surface area contributed by atoms with Crippen molar-refractivity contribution in [3.05, 3.63) is 34.9 Å². The molecule has 3 nitrogen and oxygen atoms in total. The van der Waals surface area contributed by atoms with Crippen LogP contribution < -0.4 is 5.73 Å². The van der Waals surface area contributed by atoms with E-state index in [0.29, 0.717) is 6.54 Å². The molecule has 0 aromatic heterocycles. The maximum absolute atomic E-state index is 9.46. The Bertz CT molecular complexity index is 343. The van der Waals surface area contributed by atoms with Crippen LogP contribution in [0.4, 0.5) is 0 Å². The SMILES string of the molecule is Cc1cc(C)cc(C(CN)OC(C)C(C)O)c1. The van der Waals surface area contributed by atoms with Crippen LogP contribution in [-0.4, -0.2) is 23.9 Å². The lowest BCUT2D eigenvalue weighted by atomic mass is 10.0. The first-order valence-electron chi connectivity index (χ1n) is 6.05. The zero-order valence-electron chi connectivity index (χ0n) is 11.1. The van der Waals surface area contributed by atoms with Crippen LogP contribution in [0.3, 0.4) is 0 Å². The number of benzene rings is 1. The van der Waals surface area contributed by atoms with Gasteiger partial charge in [-0.3, -0.25) is 0 Å². The summed E-state index contributed by atoms with van der Waals surface area (Å²) in [6.07, 6.45) is -0.863. The summed E-state index contributed by atoms with van der Waals surface area (Å²) in [7, 11) is 0. The second-order valence-corrected chi connectivity index (χ2v) is 4.73. The molecule has 0 heterocycles. The Balaban J connectivity index is 2.86. The molecule has 3 atom stereocenters. The molecule has 0 bridgehead atoms. The Labute approximate surface area is 104 Å². The smallest absolute Gasteiger partial charge is 0.0952 e. The minimum atomic E-state index is -0.491. The van der Waals surface area contributed by atoms with E-state index in [0.717, 1.165) is 5.56 Å². The minimum Gasteiger partial charge on any atom is -0.391 e. The average Bonchev–Trinajstić information content (AvgIpc) is 2.23. The highest BCUT2D eigenvalue weighted by molar-refractivity contribution is 5.30. The Hall–Kier alpha value is -0.900. The molecule has 3 unspecified atom stereocenters. The molecule has 0 radical (unpaired) electrons. The first-order valence-corrected chi connectivity index (χ1v) is 6.05. The van der Waals surface area contributed by atoms with Crippen molar-refractivity contribution in [1.82, 2.24) is 0 Å². The number of rotatable bonds is 5. The van der Waals surface area contributed by atoms with Crippen LogP contribution >= 0.6 is 0 Å². The van der Waals surface area contributed by atoms with E-state index in [9.17, 15) is 5.11 Å². The molecule has 0 aliphatic heterocycles. The second-order valence-electron chi connectivity index (χ2n) is 4.73. The van der Waals surface area contributed by atoms with Crippen molar-refractivity contribution in [2.75, 3.05) is 6.54 Å². The lowest BCUT2D eigenvalue weighted by Gasteiger charge is -2.24. The number of nitrogens with two attached hydrogens (primary N) is 1. The van der Waals surface area contributed by atoms with E-state index >= 15 is 0 Å². The molecule has 96 valence electrons. The molecule has 1 rings (SSSR count). The minimum absolute atomic E-state index is 0.154. The molecule has 1 aromatic rings. The van der Waals surface area contributed by atoms with Gasteiger partial charge in [-0.2, -0.15) is 0 Å². The van der Waals surface area contributed by atoms with Crippen molar-refractivity contribution in [2.24, 2.45) is 5.73 Å². The third-order valence-corrected chi connectivity index (χ3v) is 2.89. The van der Waals surface area contributed by atoms with E-state index in [4.69, 9.17) is 10.5 Å². The molecule has 0 aliphatic rings. The topological polar surface area (TPSA) is 55.5 Å². The van der Waals surface area contributed by atoms with Crippen molar-refractivity contribution >= 4 is 0 Å². The summed E-state index contributed by atoms with van der Waals surface area (Å²) in [5.41, 5.74) is 9.23. The van der Waals surface area contributed by atoms with Gasteiger partial charge in [-0.15, -0.1) is 0 Å². The Morgan fingerprint density at radius 1 is 1.18 bits per heavy atom. The van der Waals surface area contributed by atoms with Gasteiger partial charge in [-0.25, -0.2) is 0 Å². The maximum Gasteiger partial charge on any atom is 0.0952 e. The highest BCUT2D eigenvalue weighted by atomic mass is 16.5. The van der Waals surface area contributed by atoms with Gasteiger partial charge in [-0.1, -0.05) is 29.3 Å². The van der Waals surface area contributed by atoms with Crippen molar-refractivity contribution in [3.8, 4) is 0 Å². The first-order chi connectivity index (χ1) is 7.93. The Morgan fingerprint density at radius 3 is 2.12 bits per heavy atom. The van der Waals surface area contributed by atoms with Crippen LogP contribution in [0, 0.1) is 13.8 Å². The molecule has 3 heteroatoms. The van der Waals surface area contributed by atoms with Crippen molar-refractivity contribution in [2.45, 2.75) is 46.0 Å². The maximum atomic E-state index is 9.46. The summed E-state index contributed by atoms with van der Waals surface area (Å²) in [6.45, 7) is 8.11. The molecular weight excluding hydrogens is 214 g/mol. The van der Waals surface area contributed by atoms with E-state index in [1.807, 2.05) is 6.92 Å². The molecule has 3 N–H and O–H groups in total. The number of aliphatic hydroxyl groups excluding tert-OH is 1. The fraction of sp³-hybridized carbons (Fsp3) is 0.571. The van der Waals surface area contributed by atoms with Gasteiger partial charge in [-0.05, 0) is 33.3 Å². The highest BCUT2D eigenvalue weighted by Crippen LogP contribution is 2.21. The van der Waals surface area contributed by atoms with Gasteiger partial charge in [0.25, 0.3) is 0 Å². The van der Waals surface area contributed by atoms with Crippen LogP contribution in [-0.2, 0) is 4.74 Å². The predicted octanol–water partition coefficient (Wildman–Crippen LogP) is 2.09. The zero-order chi connectivity index (χ0) is 13.0. The van der Waals surface area contributed by atoms with Crippen LogP contribution in [0.2, 0.25) is 0 Å². The molecular formula is C14H23NO2. The van der Waals surface area contributed by atoms with Crippen molar-refractivity contribution in [1.29, 1.82) is 0 Å². The van der Waals surface area contributed by atoms with Gasteiger partial charge in [0.2, 0.25) is 0 Å². The fourth-order valence-corrected chi connectivity index (χ4v) is 1.84. The van der Waals surface area contributed by atoms with E-state index in [2.05, 4.69) is 32.0 Å².